The maximum absolute atomic E-state index is 12.5. The van der Waals surface area contributed by atoms with Crippen molar-refractivity contribution in [2.45, 2.75) is 39.0 Å². The minimum absolute atomic E-state index is 0.200. The topological polar surface area (TPSA) is 52.0 Å². The highest BCUT2D eigenvalue weighted by molar-refractivity contribution is 5.35. The van der Waals surface area contributed by atoms with E-state index < -0.39 is 6.43 Å². The summed E-state index contributed by atoms with van der Waals surface area (Å²) in [6, 6.07) is 0. The molecule has 1 unspecified atom stereocenters. The zero-order chi connectivity index (χ0) is 13.5. The number of hydrogen-bond donors (Lipinski definition) is 2. The molecule has 1 atom stereocenters. The van der Waals surface area contributed by atoms with Crippen LogP contribution >= 0.6 is 0 Å². The van der Waals surface area contributed by atoms with Crippen molar-refractivity contribution in [1.29, 1.82) is 0 Å². The van der Waals surface area contributed by atoms with Gasteiger partial charge in [-0.25, -0.2) is 8.78 Å². The van der Waals surface area contributed by atoms with Gasteiger partial charge in [-0.05, 0) is 44.4 Å². The van der Waals surface area contributed by atoms with Crippen molar-refractivity contribution in [1.82, 2.24) is 0 Å². The number of halogens is 2. The summed E-state index contributed by atoms with van der Waals surface area (Å²) in [6.07, 6.45) is 6.05. The van der Waals surface area contributed by atoms with Gasteiger partial charge in [0.15, 0.2) is 0 Å². The van der Waals surface area contributed by atoms with E-state index in [-0.39, 0.29) is 12.3 Å². The van der Waals surface area contributed by atoms with Gasteiger partial charge in [-0.2, -0.15) is 0 Å². The van der Waals surface area contributed by atoms with Gasteiger partial charge in [0.1, 0.15) is 0 Å². The van der Waals surface area contributed by atoms with E-state index in [2.05, 4.69) is 0 Å². The van der Waals surface area contributed by atoms with Crippen LogP contribution in [0.2, 0.25) is 0 Å². The molecule has 1 aliphatic rings. The van der Waals surface area contributed by atoms with Gasteiger partial charge in [-0.1, -0.05) is 17.7 Å². The van der Waals surface area contributed by atoms with Crippen LogP contribution in [-0.2, 0) is 0 Å². The molecule has 0 spiro atoms. The molecule has 0 aromatic heterocycles. The molecule has 2 nitrogen and oxygen atoms in total. The van der Waals surface area contributed by atoms with Gasteiger partial charge in [-0.15, -0.1) is 0 Å². The molecule has 0 fully saturated rings. The molecule has 4 N–H and O–H groups in total. The number of allylic oxidation sites excluding steroid dienone is 5. The second-order valence-corrected chi connectivity index (χ2v) is 4.72. The summed E-state index contributed by atoms with van der Waals surface area (Å²) < 4.78 is 25.0. The predicted molar refractivity (Wildman–Crippen MR) is 71.1 cm³/mol. The molecule has 0 heterocycles. The number of unbranched alkanes of at least 4 members (excludes halogenated alkanes) is 1. The van der Waals surface area contributed by atoms with Crippen LogP contribution in [0.4, 0.5) is 8.78 Å². The summed E-state index contributed by atoms with van der Waals surface area (Å²) in [4.78, 5) is 0. The highest BCUT2D eigenvalue weighted by Crippen LogP contribution is 2.28. The van der Waals surface area contributed by atoms with Crippen molar-refractivity contribution in [2.24, 2.45) is 17.4 Å². The van der Waals surface area contributed by atoms with Crippen molar-refractivity contribution >= 4 is 0 Å². The van der Waals surface area contributed by atoms with Gasteiger partial charge in [-0.3, -0.25) is 0 Å². The zero-order valence-corrected chi connectivity index (χ0v) is 10.8. The smallest absolute Gasteiger partial charge is 0.239 e. The van der Waals surface area contributed by atoms with Crippen LogP contribution in [0.25, 0.3) is 0 Å². The first-order valence-corrected chi connectivity index (χ1v) is 6.37. The number of hydrogen-bond acceptors (Lipinski definition) is 2. The maximum atomic E-state index is 12.5. The molecule has 0 saturated heterocycles. The second-order valence-electron chi connectivity index (χ2n) is 4.72. The van der Waals surface area contributed by atoms with Gasteiger partial charge < -0.3 is 11.5 Å². The molecule has 18 heavy (non-hydrogen) atoms. The summed E-state index contributed by atoms with van der Waals surface area (Å²) in [6.45, 7) is 2.53. The summed E-state index contributed by atoms with van der Waals surface area (Å²) >= 11 is 0. The number of rotatable bonds is 6. The molecule has 0 aliphatic heterocycles. The minimum Gasteiger partial charge on any atom is -0.402 e. The molecule has 1 aliphatic carbocycles. The lowest BCUT2D eigenvalue weighted by atomic mass is 9.93. The Morgan fingerprint density at radius 1 is 1.28 bits per heavy atom. The molecular weight excluding hydrogens is 234 g/mol. The van der Waals surface area contributed by atoms with E-state index in [1.807, 2.05) is 25.2 Å². The highest BCUT2D eigenvalue weighted by atomic mass is 19.3. The fraction of sp³-hybridized carbons (Fsp3) is 0.571. The van der Waals surface area contributed by atoms with Gasteiger partial charge in [0.25, 0.3) is 0 Å². The maximum Gasteiger partial charge on any atom is 0.239 e. The fourth-order valence-corrected chi connectivity index (χ4v) is 2.11. The van der Waals surface area contributed by atoms with Gasteiger partial charge in [0, 0.05) is 18.0 Å². The average Bonchev–Trinajstić information content (AvgIpc) is 2.43. The van der Waals surface area contributed by atoms with E-state index in [0.717, 1.165) is 30.4 Å². The Morgan fingerprint density at radius 3 is 2.61 bits per heavy atom. The van der Waals surface area contributed by atoms with Crippen molar-refractivity contribution in [3.05, 3.63) is 35.1 Å². The third-order valence-corrected chi connectivity index (χ3v) is 3.20. The molecule has 0 radical (unpaired) electrons. The standard InChI is InChI=1S/C14H22F2N2/c1-10-5-6-11(4-2-3-7-17)8-13(18)12(10)9-14(15)16/h5-6,8,12,14H,2-4,7,9,17-18H2,1H3. The van der Waals surface area contributed by atoms with Gasteiger partial charge in [0.2, 0.25) is 6.43 Å². The van der Waals surface area contributed by atoms with Crippen molar-refractivity contribution in [2.75, 3.05) is 6.54 Å². The largest absolute Gasteiger partial charge is 0.402 e. The van der Waals surface area contributed by atoms with Crippen LogP contribution in [0.3, 0.4) is 0 Å². The molecule has 0 aromatic rings. The van der Waals surface area contributed by atoms with Crippen LogP contribution in [0.1, 0.15) is 32.6 Å². The van der Waals surface area contributed by atoms with Crippen molar-refractivity contribution in [3.8, 4) is 0 Å². The van der Waals surface area contributed by atoms with Crippen molar-refractivity contribution < 1.29 is 8.78 Å². The number of alkyl halides is 2. The molecule has 0 aromatic carbocycles. The summed E-state index contributed by atoms with van der Waals surface area (Å²) in [5.74, 6) is -0.340. The average molecular weight is 256 g/mol. The van der Waals surface area contributed by atoms with E-state index in [1.165, 1.54) is 0 Å². The molecular formula is C14H22F2N2. The SMILES string of the molecule is CC1=CC=C(CCCCN)C=C(N)C1CC(F)F. The zero-order valence-electron chi connectivity index (χ0n) is 10.8. The first-order chi connectivity index (χ1) is 8.54. The monoisotopic (exact) mass is 256 g/mol. The Labute approximate surface area is 107 Å². The predicted octanol–water partition coefficient (Wildman–Crippen LogP) is 3.12. The number of nitrogens with two attached hydrogens (primary N) is 2. The van der Waals surface area contributed by atoms with Crippen LogP contribution in [0.15, 0.2) is 35.1 Å². The summed E-state index contributed by atoms with van der Waals surface area (Å²) in [5.41, 5.74) is 13.9. The lowest BCUT2D eigenvalue weighted by molar-refractivity contribution is 0.126. The normalized spacial score (nSPS) is 20.3. The summed E-state index contributed by atoms with van der Waals surface area (Å²) in [5, 5.41) is 0. The van der Waals surface area contributed by atoms with E-state index in [0.29, 0.717) is 12.2 Å². The van der Waals surface area contributed by atoms with Gasteiger partial charge >= 0.3 is 0 Å². The third kappa shape index (κ3) is 4.61. The molecule has 1 rings (SSSR count). The molecule has 102 valence electrons. The molecule has 0 amide bonds. The van der Waals surface area contributed by atoms with E-state index >= 15 is 0 Å². The Bertz CT molecular complexity index is 357. The first kappa shape index (κ1) is 14.9. The lowest BCUT2D eigenvalue weighted by Crippen LogP contribution is -2.16. The van der Waals surface area contributed by atoms with E-state index in [1.54, 1.807) is 0 Å². The molecule has 4 heteroatoms. The van der Waals surface area contributed by atoms with E-state index in [4.69, 9.17) is 11.5 Å². The van der Waals surface area contributed by atoms with Crippen LogP contribution < -0.4 is 11.5 Å². The lowest BCUT2D eigenvalue weighted by Gasteiger charge is -2.17. The second kappa shape index (κ2) is 7.31. The third-order valence-electron chi connectivity index (χ3n) is 3.20. The minimum atomic E-state index is -2.33. The fourth-order valence-electron chi connectivity index (χ4n) is 2.11. The van der Waals surface area contributed by atoms with Crippen LogP contribution in [0.5, 0.6) is 0 Å². The van der Waals surface area contributed by atoms with Gasteiger partial charge in [0.05, 0.1) is 0 Å². The van der Waals surface area contributed by atoms with Crippen LogP contribution in [-0.4, -0.2) is 13.0 Å². The Hall–Kier alpha value is -1.16. The summed E-state index contributed by atoms with van der Waals surface area (Å²) in [7, 11) is 0. The Morgan fingerprint density at radius 2 is 2.00 bits per heavy atom. The quantitative estimate of drug-likeness (QED) is 0.717. The Kier molecular flexibility index (Phi) is 6.05. The highest BCUT2D eigenvalue weighted by Gasteiger charge is 2.20. The molecule has 0 bridgehead atoms. The van der Waals surface area contributed by atoms with Crippen LogP contribution in [0, 0.1) is 5.92 Å². The Balaban J connectivity index is 2.73. The molecule has 0 saturated carbocycles. The van der Waals surface area contributed by atoms with E-state index in [9.17, 15) is 8.78 Å². The van der Waals surface area contributed by atoms with Crippen molar-refractivity contribution in [3.63, 3.8) is 0 Å². The first-order valence-electron chi connectivity index (χ1n) is 6.37.